The van der Waals surface area contributed by atoms with Crippen LogP contribution in [0.5, 0.6) is 5.75 Å². The summed E-state index contributed by atoms with van der Waals surface area (Å²) in [6.07, 6.45) is 0.463. The molecule has 0 aliphatic rings. The average Bonchev–Trinajstić information content (AvgIpc) is 2.19. The summed E-state index contributed by atoms with van der Waals surface area (Å²) in [5.41, 5.74) is 0. The summed E-state index contributed by atoms with van der Waals surface area (Å²) in [6.45, 7) is 0.268. The summed E-state index contributed by atoms with van der Waals surface area (Å²) in [4.78, 5) is 10.3. The molecule has 16 heavy (non-hydrogen) atoms. The predicted octanol–water partition coefficient (Wildman–Crippen LogP) is 3.89. The maximum atomic E-state index is 10.3. The van der Waals surface area contributed by atoms with Crippen molar-refractivity contribution in [1.29, 1.82) is 0 Å². The zero-order valence-corrected chi connectivity index (χ0v) is 10.4. The van der Waals surface area contributed by atoms with E-state index in [4.69, 9.17) is 44.6 Å². The lowest BCUT2D eigenvalue weighted by molar-refractivity contribution is -0.137. The molecule has 0 unspecified atom stereocenters. The van der Waals surface area contributed by atoms with E-state index in [0.29, 0.717) is 27.2 Å². The van der Waals surface area contributed by atoms with Gasteiger partial charge in [-0.15, -0.1) is 0 Å². The number of halogens is 3. The molecule has 0 aliphatic heterocycles. The van der Waals surface area contributed by atoms with E-state index in [1.54, 1.807) is 0 Å². The van der Waals surface area contributed by atoms with Gasteiger partial charge in [-0.25, -0.2) is 0 Å². The highest BCUT2D eigenvalue weighted by molar-refractivity contribution is 6.43. The smallest absolute Gasteiger partial charge is 0.303 e. The van der Waals surface area contributed by atoms with Crippen LogP contribution in [0, 0.1) is 0 Å². The van der Waals surface area contributed by atoms with Gasteiger partial charge in [0.1, 0.15) is 5.75 Å². The average molecular weight is 284 g/mol. The van der Waals surface area contributed by atoms with Gasteiger partial charge in [0.25, 0.3) is 0 Å². The predicted molar refractivity (Wildman–Crippen MR) is 63.8 cm³/mol. The second kappa shape index (κ2) is 6.18. The highest BCUT2D eigenvalue weighted by Crippen LogP contribution is 2.33. The van der Waals surface area contributed by atoms with Crippen LogP contribution in [0.25, 0.3) is 0 Å². The highest BCUT2D eigenvalue weighted by atomic mass is 35.5. The summed E-state index contributed by atoms with van der Waals surface area (Å²) in [5, 5.41) is 9.48. The largest absolute Gasteiger partial charge is 0.492 e. The number of hydrogen-bond donors (Lipinski definition) is 1. The Labute approximate surface area is 108 Å². The molecule has 0 spiro atoms. The first-order chi connectivity index (χ1) is 7.50. The van der Waals surface area contributed by atoms with Gasteiger partial charge in [-0.1, -0.05) is 34.8 Å². The molecule has 0 aromatic heterocycles. The molecule has 88 valence electrons. The summed E-state index contributed by atoms with van der Waals surface area (Å²) >= 11 is 17.4. The van der Waals surface area contributed by atoms with Gasteiger partial charge in [0.15, 0.2) is 0 Å². The van der Waals surface area contributed by atoms with Crippen molar-refractivity contribution in [2.75, 3.05) is 6.61 Å². The van der Waals surface area contributed by atoms with Gasteiger partial charge in [0.2, 0.25) is 0 Å². The molecular weight excluding hydrogens is 274 g/mol. The SMILES string of the molecule is O=C(O)CCCOc1cc(Cl)c(Cl)cc1Cl. The fraction of sp³-hybridized carbons (Fsp3) is 0.300. The number of aliphatic carboxylic acids is 1. The third-order valence-electron chi connectivity index (χ3n) is 1.77. The molecule has 6 heteroatoms. The molecule has 0 saturated heterocycles. The fourth-order valence-corrected chi connectivity index (χ4v) is 1.61. The first-order valence-corrected chi connectivity index (χ1v) is 5.63. The Hall–Kier alpha value is -0.640. The molecule has 3 nitrogen and oxygen atoms in total. The topological polar surface area (TPSA) is 46.5 Å². The maximum Gasteiger partial charge on any atom is 0.303 e. The number of carbonyl (C=O) groups is 1. The molecule has 0 aliphatic carbocycles. The van der Waals surface area contributed by atoms with E-state index in [1.165, 1.54) is 12.1 Å². The highest BCUT2D eigenvalue weighted by Gasteiger charge is 2.07. The lowest BCUT2D eigenvalue weighted by Crippen LogP contribution is -2.02. The van der Waals surface area contributed by atoms with Crippen molar-refractivity contribution in [3.8, 4) is 5.75 Å². The van der Waals surface area contributed by atoms with Crippen molar-refractivity contribution in [3.05, 3.63) is 27.2 Å². The quantitative estimate of drug-likeness (QED) is 0.658. The van der Waals surface area contributed by atoms with Gasteiger partial charge < -0.3 is 9.84 Å². The third kappa shape index (κ3) is 4.08. The Kier molecular flexibility index (Phi) is 5.19. The van der Waals surface area contributed by atoms with Crippen molar-refractivity contribution in [2.24, 2.45) is 0 Å². The monoisotopic (exact) mass is 282 g/mol. The molecule has 1 N–H and O–H groups in total. The van der Waals surface area contributed by atoms with E-state index in [1.807, 2.05) is 0 Å². The Morgan fingerprint density at radius 1 is 1.19 bits per heavy atom. The molecular formula is C10H9Cl3O3. The van der Waals surface area contributed by atoms with Crippen LogP contribution in [0.2, 0.25) is 15.1 Å². The van der Waals surface area contributed by atoms with Crippen LogP contribution in [0.4, 0.5) is 0 Å². The van der Waals surface area contributed by atoms with Crippen LogP contribution in [-0.2, 0) is 4.79 Å². The Balaban J connectivity index is 2.54. The van der Waals surface area contributed by atoms with E-state index < -0.39 is 5.97 Å². The van der Waals surface area contributed by atoms with Gasteiger partial charge in [-0.05, 0) is 12.5 Å². The van der Waals surface area contributed by atoms with Gasteiger partial charge >= 0.3 is 5.97 Å². The minimum Gasteiger partial charge on any atom is -0.492 e. The molecule has 1 aromatic carbocycles. The van der Waals surface area contributed by atoms with Crippen LogP contribution >= 0.6 is 34.8 Å². The normalized spacial score (nSPS) is 10.2. The minimum absolute atomic E-state index is 0.0545. The first-order valence-electron chi connectivity index (χ1n) is 4.50. The van der Waals surface area contributed by atoms with E-state index in [9.17, 15) is 4.79 Å². The molecule has 0 amide bonds. The van der Waals surface area contributed by atoms with E-state index in [-0.39, 0.29) is 13.0 Å². The zero-order valence-electron chi connectivity index (χ0n) is 8.17. The van der Waals surface area contributed by atoms with E-state index >= 15 is 0 Å². The summed E-state index contributed by atoms with van der Waals surface area (Å²) < 4.78 is 5.28. The zero-order chi connectivity index (χ0) is 12.1. The Bertz CT molecular complexity index is 393. The summed E-state index contributed by atoms with van der Waals surface area (Å²) in [7, 11) is 0. The van der Waals surface area contributed by atoms with Crippen LogP contribution < -0.4 is 4.74 Å². The van der Waals surface area contributed by atoms with Gasteiger partial charge in [-0.2, -0.15) is 0 Å². The van der Waals surface area contributed by atoms with E-state index in [2.05, 4.69) is 0 Å². The second-order valence-corrected chi connectivity index (χ2v) is 4.26. The van der Waals surface area contributed by atoms with Gasteiger partial charge in [0.05, 0.1) is 21.7 Å². The second-order valence-electron chi connectivity index (χ2n) is 3.04. The number of carboxylic acids is 1. The molecule has 1 rings (SSSR count). The number of benzene rings is 1. The molecule has 0 saturated carbocycles. The van der Waals surface area contributed by atoms with Crippen LogP contribution in [-0.4, -0.2) is 17.7 Å². The first kappa shape index (κ1) is 13.4. The minimum atomic E-state index is -0.858. The Morgan fingerprint density at radius 3 is 2.44 bits per heavy atom. The standard InChI is InChI=1S/C10H9Cl3O3/c11-6-4-8(13)9(5-7(6)12)16-3-1-2-10(14)15/h4-5H,1-3H2,(H,14,15). The van der Waals surface area contributed by atoms with Crippen LogP contribution in [0.3, 0.4) is 0 Å². The van der Waals surface area contributed by atoms with Gasteiger partial charge in [-0.3, -0.25) is 4.79 Å². The van der Waals surface area contributed by atoms with Crippen LogP contribution in [0.15, 0.2) is 12.1 Å². The molecule has 0 fully saturated rings. The molecule has 0 radical (unpaired) electrons. The number of carboxylic acid groups (broad SMARTS) is 1. The van der Waals surface area contributed by atoms with Crippen molar-refractivity contribution in [2.45, 2.75) is 12.8 Å². The van der Waals surface area contributed by atoms with Crippen molar-refractivity contribution >= 4 is 40.8 Å². The third-order valence-corrected chi connectivity index (χ3v) is 2.78. The van der Waals surface area contributed by atoms with Crippen molar-refractivity contribution < 1.29 is 14.6 Å². The number of ether oxygens (including phenoxy) is 1. The van der Waals surface area contributed by atoms with E-state index in [0.717, 1.165) is 0 Å². The molecule has 0 heterocycles. The molecule has 1 aromatic rings. The van der Waals surface area contributed by atoms with Crippen molar-refractivity contribution in [3.63, 3.8) is 0 Å². The maximum absolute atomic E-state index is 10.3. The van der Waals surface area contributed by atoms with Crippen LogP contribution in [0.1, 0.15) is 12.8 Å². The number of hydrogen-bond acceptors (Lipinski definition) is 2. The summed E-state index contributed by atoms with van der Waals surface area (Å²) in [5.74, 6) is -0.453. The fourth-order valence-electron chi connectivity index (χ4n) is 1.02. The summed E-state index contributed by atoms with van der Waals surface area (Å²) in [6, 6.07) is 2.99. The molecule has 0 bridgehead atoms. The van der Waals surface area contributed by atoms with Crippen molar-refractivity contribution in [1.82, 2.24) is 0 Å². The van der Waals surface area contributed by atoms with Gasteiger partial charge in [0, 0.05) is 12.5 Å². The number of rotatable bonds is 5. The lowest BCUT2D eigenvalue weighted by atomic mass is 10.3. The Morgan fingerprint density at radius 2 is 1.81 bits per heavy atom. The molecule has 0 atom stereocenters. The lowest BCUT2D eigenvalue weighted by Gasteiger charge is -2.08.